The first kappa shape index (κ1) is 21.1. The number of nitrogens with zero attached hydrogens (tertiary/aromatic N) is 6. The van der Waals surface area contributed by atoms with E-state index >= 15 is 0 Å². The zero-order chi connectivity index (χ0) is 22.4. The summed E-state index contributed by atoms with van der Waals surface area (Å²) in [6.07, 6.45) is 0.578. The summed E-state index contributed by atoms with van der Waals surface area (Å²) in [4.78, 5) is 0. The van der Waals surface area contributed by atoms with Crippen molar-refractivity contribution < 1.29 is 30.4 Å². The maximum absolute atomic E-state index is 14.5. The van der Waals surface area contributed by atoms with Crippen molar-refractivity contribution in [3.63, 3.8) is 0 Å². The summed E-state index contributed by atoms with van der Waals surface area (Å²) in [5.41, 5.74) is -3.22. The third-order valence-corrected chi connectivity index (χ3v) is 4.96. The molecule has 0 bridgehead atoms. The summed E-state index contributed by atoms with van der Waals surface area (Å²) in [6.45, 7) is 0.968. The normalized spacial score (nSPS) is 11.4. The minimum absolute atomic E-state index is 0.0989. The minimum atomic E-state index is -4.50. The van der Waals surface area contributed by atoms with Gasteiger partial charge in [0.2, 0.25) is 10.0 Å². The molecule has 0 saturated heterocycles. The summed E-state index contributed by atoms with van der Waals surface area (Å²) in [5, 5.41) is 18.6. The van der Waals surface area contributed by atoms with Crippen LogP contribution in [0.2, 0.25) is 0 Å². The van der Waals surface area contributed by atoms with Gasteiger partial charge in [0.05, 0.1) is 17.5 Å². The van der Waals surface area contributed by atoms with E-state index in [4.69, 9.17) is 5.26 Å². The van der Waals surface area contributed by atoms with Gasteiger partial charge in [0.25, 0.3) is 5.95 Å². The second-order valence-corrected chi connectivity index (χ2v) is 7.78. The van der Waals surface area contributed by atoms with Gasteiger partial charge in [-0.2, -0.15) is 9.94 Å². The number of hydrogen-bond donors (Lipinski definition) is 0. The van der Waals surface area contributed by atoms with Gasteiger partial charge in [0.15, 0.2) is 11.6 Å². The molecular formula is C16H9F5N6O2S. The molecule has 14 heteroatoms. The zero-order valence-corrected chi connectivity index (χ0v) is 15.8. The number of rotatable bonds is 4. The van der Waals surface area contributed by atoms with Crippen molar-refractivity contribution in [3.05, 3.63) is 58.4 Å². The van der Waals surface area contributed by atoms with Crippen LogP contribution in [-0.2, 0) is 10.0 Å². The maximum Gasteiger partial charge on any atom is 0.269 e. The fourth-order valence-electron chi connectivity index (χ4n) is 2.50. The number of anilines is 2. The van der Waals surface area contributed by atoms with Gasteiger partial charge in [-0.3, -0.25) is 0 Å². The molecule has 0 N–H and O–H groups in total. The van der Waals surface area contributed by atoms with E-state index in [0.29, 0.717) is 29.1 Å². The van der Waals surface area contributed by atoms with Gasteiger partial charge < -0.3 is 0 Å². The Hall–Kier alpha value is -3.60. The van der Waals surface area contributed by atoms with Crippen LogP contribution in [-0.4, -0.2) is 34.9 Å². The molecule has 8 nitrogen and oxygen atoms in total. The second kappa shape index (κ2) is 7.34. The molecule has 0 fully saturated rings. The van der Waals surface area contributed by atoms with E-state index in [2.05, 4.69) is 15.5 Å². The highest BCUT2D eigenvalue weighted by atomic mass is 32.2. The van der Waals surface area contributed by atoms with Gasteiger partial charge in [-0.1, -0.05) is 5.10 Å². The van der Waals surface area contributed by atoms with Crippen LogP contribution < -0.4 is 4.31 Å². The first-order chi connectivity index (χ1) is 14.0. The Morgan fingerprint density at radius 1 is 1.03 bits per heavy atom. The van der Waals surface area contributed by atoms with E-state index in [1.165, 1.54) is 6.07 Å². The lowest BCUT2D eigenvalue weighted by Crippen LogP contribution is -2.29. The highest BCUT2D eigenvalue weighted by molar-refractivity contribution is 7.92. The van der Waals surface area contributed by atoms with Gasteiger partial charge in [0.1, 0.15) is 29.2 Å². The van der Waals surface area contributed by atoms with E-state index < -0.39 is 67.6 Å². The predicted octanol–water partition coefficient (Wildman–Crippen LogP) is 2.64. The number of aromatic nitrogens is 4. The van der Waals surface area contributed by atoms with Crippen LogP contribution >= 0.6 is 0 Å². The molecule has 0 radical (unpaired) electrons. The number of tetrazole rings is 1. The van der Waals surface area contributed by atoms with E-state index in [0.717, 1.165) is 6.92 Å². The molecule has 30 heavy (non-hydrogen) atoms. The average Bonchev–Trinajstić information content (AvgIpc) is 3.13. The summed E-state index contributed by atoms with van der Waals surface area (Å²) in [5.74, 6) is -7.90. The van der Waals surface area contributed by atoms with Crippen LogP contribution in [0.4, 0.5) is 33.6 Å². The van der Waals surface area contributed by atoms with Crippen molar-refractivity contribution in [1.29, 1.82) is 5.26 Å². The van der Waals surface area contributed by atoms with Crippen molar-refractivity contribution in [3.8, 4) is 11.8 Å². The fraction of sp³-hybridized carbons (Fsp3) is 0.125. The van der Waals surface area contributed by atoms with Gasteiger partial charge in [-0.15, -0.1) is 0 Å². The van der Waals surface area contributed by atoms with E-state index in [1.54, 1.807) is 0 Å². The second-order valence-electron chi connectivity index (χ2n) is 5.94. The van der Waals surface area contributed by atoms with Crippen LogP contribution in [0.1, 0.15) is 11.1 Å². The minimum Gasteiger partial charge on any atom is -0.207 e. The number of nitriles is 1. The molecule has 0 saturated carbocycles. The monoisotopic (exact) mass is 444 g/mol. The van der Waals surface area contributed by atoms with Crippen LogP contribution in [0.3, 0.4) is 0 Å². The molecule has 2 aromatic carbocycles. The molecule has 0 spiro atoms. The van der Waals surface area contributed by atoms with Crippen LogP contribution in [0, 0.1) is 47.3 Å². The van der Waals surface area contributed by atoms with Crippen molar-refractivity contribution >= 4 is 21.7 Å². The number of sulfonamides is 1. The first-order valence-corrected chi connectivity index (χ1v) is 9.64. The van der Waals surface area contributed by atoms with Crippen molar-refractivity contribution in [1.82, 2.24) is 20.2 Å². The lowest BCUT2D eigenvalue weighted by Gasteiger charge is -2.21. The average molecular weight is 444 g/mol. The third kappa shape index (κ3) is 3.43. The molecule has 0 aliphatic carbocycles. The first-order valence-electron chi connectivity index (χ1n) is 7.79. The molecule has 0 aliphatic heterocycles. The maximum atomic E-state index is 14.5. The van der Waals surface area contributed by atoms with Gasteiger partial charge in [-0.05, 0) is 23.4 Å². The molecule has 0 unspecified atom stereocenters. The standard InChI is InChI=1S/C16H9F5N6O2S/c1-7-9(17)4-13(15(21)14(7)20)26-16(23-24-25-26)27(30(2,28)29)12-5-10(18)8(6-22)3-11(12)19/h3-5H,1-2H3. The summed E-state index contributed by atoms with van der Waals surface area (Å²) in [7, 11) is -4.50. The molecule has 0 atom stereocenters. The number of halogens is 5. The molecule has 3 aromatic rings. The fourth-order valence-corrected chi connectivity index (χ4v) is 3.41. The van der Waals surface area contributed by atoms with Gasteiger partial charge in [0, 0.05) is 17.7 Å². The van der Waals surface area contributed by atoms with Crippen molar-refractivity contribution in [2.45, 2.75) is 6.92 Å². The lowest BCUT2D eigenvalue weighted by atomic mass is 10.2. The summed E-state index contributed by atoms with van der Waals surface area (Å²) >= 11 is 0. The molecular weight excluding hydrogens is 435 g/mol. The van der Waals surface area contributed by atoms with Crippen LogP contribution in [0.25, 0.3) is 5.69 Å². The SMILES string of the molecule is Cc1c(F)cc(-n2nnnc2N(c2cc(F)c(C#N)cc2F)S(C)(=O)=O)c(F)c1F. The Kier molecular flexibility index (Phi) is 5.16. The number of benzene rings is 2. The van der Waals surface area contributed by atoms with E-state index in [9.17, 15) is 30.4 Å². The van der Waals surface area contributed by atoms with Crippen LogP contribution in [0.5, 0.6) is 0 Å². The molecule has 156 valence electrons. The largest absolute Gasteiger partial charge is 0.269 e. The Morgan fingerprint density at radius 3 is 2.30 bits per heavy atom. The highest BCUT2D eigenvalue weighted by Crippen LogP contribution is 2.33. The van der Waals surface area contributed by atoms with E-state index in [-0.39, 0.29) is 4.31 Å². The summed E-state index contributed by atoms with van der Waals surface area (Å²) < 4.78 is 95.9. The van der Waals surface area contributed by atoms with Gasteiger partial charge >= 0.3 is 0 Å². The van der Waals surface area contributed by atoms with E-state index in [1.807, 2.05) is 0 Å². The Balaban J connectivity index is 2.32. The summed E-state index contributed by atoms with van der Waals surface area (Å²) in [6, 6.07) is 2.70. The lowest BCUT2D eigenvalue weighted by molar-refractivity contribution is 0.478. The van der Waals surface area contributed by atoms with Crippen molar-refractivity contribution in [2.24, 2.45) is 0 Å². The Bertz CT molecular complexity index is 1320. The van der Waals surface area contributed by atoms with Crippen molar-refractivity contribution in [2.75, 3.05) is 10.6 Å². The Morgan fingerprint density at radius 2 is 1.70 bits per heavy atom. The molecule has 0 aliphatic rings. The zero-order valence-electron chi connectivity index (χ0n) is 15.0. The molecule has 3 rings (SSSR count). The topological polar surface area (TPSA) is 105 Å². The quantitative estimate of drug-likeness (QED) is 0.453. The smallest absolute Gasteiger partial charge is 0.207 e. The highest BCUT2D eigenvalue weighted by Gasteiger charge is 2.31. The predicted molar refractivity (Wildman–Crippen MR) is 91.8 cm³/mol. The molecule has 1 aromatic heterocycles. The third-order valence-electron chi connectivity index (χ3n) is 3.94. The van der Waals surface area contributed by atoms with Gasteiger partial charge in [-0.25, -0.2) is 34.7 Å². The van der Waals surface area contributed by atoms with Crippen LogP contribution in [0.15, 0.2) is 18.2 Å². The molecule has 1 heterocycles. The number of hydrogen-bond acceptors (Lipinski definition) is 6. The Labute approximate surface area is 165 Å². The molecule has 0 amide bonds.